The second-order valence-corrected chi connectivity index (χ2v) is 4.50. The molecule has 0 spiro atoms. The average molecular weight is 107 g/mol. The van der Waals surface area contributed by atoms with Crippen LogP contribution in [-0.4, -0.2) is 8.80 Å². The van der Waals surface area contributed by atoms with Crippen molar-refractivity contribution >= 4 is 18.7 Å². The van der Waals surface area contributed by atoms with Gasteiger partial charge in [-0.3, -0.25) is 0 Å². The first kappa shape index (κ1) is 9.17. The molecule has 0 aliphatic heterocycles. The Balaban J connectivity index is 0. The lowest BCUT2D eigenvalue weighted by Gasteiger charge is -1.75. The standard InChI is InChI=1S/C3H9Si.H3P/c1-4(2)3;/h1-3H3;1H3. The summed E-state index contributed by atoms with van der Waals surface area (Å²) in [5, 5.41) is 0. The van der Waals surface area contributed by atoms with Crippen molar-refractivity contribution in [1.82, 2.24) is 0 Å². The quantitative estimate of drug-likeness (QED) is 0.324. The summed E-state index contributed by atoms with van der Waals surface area (Å²) in [5.74, 6) is 0. The maximum absolute atomic E-state index is 2.27. The van der Waals surface area contributed by atoms with E-state index < -0.39 is 0 Å². The summed E-state index contributed by atoms with van der Waals surface area (Å²) >= 11 is 0. The molecule has 0 saturated heterocycles. The third-order valence-corrected chi connectivity index (χ3v) is 0. The first-order valence-electron chi connectivity index (χ1n) is 1.50. The smallest absolute Gasteiger partial charge is 0.0379 e. The van der Waals surface area contributed by atoms with Gasteiger partial charge in [-0.2, -0.15) is 9.90 Å². The molecule has 0 aromatic carbocycles. The molecular formula is C3H12PSi. The van der Waals surface area contributed by atoms with Crippen molar-refractivity contribution < 1.29 is 0 Å². The van der Waals surface area contributed by atoms with E-state index in [1.165, 1.54) is 0 Å². The second-order valence-electron chi connectivity index (χ2n) is 1.50. The van der Waals surface area contributed by atoms with Crippen molar-refractivity contribution in [3.8, 4) is 0 Å². The van der Waals surface area contributed by atoms with Gasteiger partial charge in [-0.1, -0.05) is 19.6 Å². The van der Waals surface area contributed by atoms with E-state index in [0.29, 0.717) is 0 Å². The molecule has 0 rings (SSSR count). The first-order valence-corrected chi connectivity index (χ1v) is 4.50. The van der Waals surface area contributed by atoms with E-state index in [1.807, 2.05) is 0 Å². The zero-order chi connectivity index (χ0) is 3.58. The predicted octanol–water partition coefficient (Wildman–Crippen LogP) is 1.43. The molecule has 0 heterocycles. The molecule has 0 aliphatic rings. The lowest BCUT2D eigenvalue weighted by molar-refractivity contribution is 1.91. The highest BCUT2D eigenvalue weighted by molar-refractivity contribution is 6.92. The third kappa shape index (κ3) is 77.8. The first-order chi connectivity index (χ1) is 1.73. The number of rotatable bonds is 0. The Morgan fingerprint density at radius 3 is 1.00 bits per heavy atom. The zero-order valence-electron chi connectivity index (χ0n) is 4.21. The van der Waals surface area contributed by atoms with Crippen LogP contribution in [0.5, 0.6) is 0 Å². The predicted molar refractivity (Wildman–Crippen MR) is 34.5 cm³/mol. The lowest BCUT2D eigenvalue weighted by atomic mass is 11.8. The van der Waals surface area contributed by atoms with E-state index in [2.05, 4.69) is 19.6 Å². The van der Waals surface area contributed by atoms with Gasteiger partial charge in [-0.15, -0.1) is 0 Å². The monoisotopic (exact) mass is 107 g/mol. The molecule has 0 aromatic rings. The Labute approximate surface area is 39.2 Å². The number of hydrogen-bond acceptors (Lipinski definition) is 0. The van der Waals surface area contributed by atoms with Crippen LogP contribution in [0.1, 0.15) is 0 Å². The molecule has 0 nitrogen and oxygen atoms in total. The van der Waals surface area contributed by atoms with Crippen LogP contribution in [0.25, 0.3) is 0 Å². The third-order valence-electron chi connectivity index (χ3n) is 0. The normalized spacial score (nSPS) is 7.20. The largest absolute Gasteiger partial charge is 0.153 e. The van der Waals surface area contributed by atoms with Crippen LogP contribution in [0.2, 0.25) is 19.6 Å². The highest BCUT2D eigenvalue weighted by Gasteiger charge is 1.72. The highest BCUT2D eigenvalue weighted by Crippen LogP contribution is 1.68. The summed E-state index contributed by atoms with van der Waals surface area (Å²) in [6.45, 7) is 6.81. The zero-order valence-corrected chi connectivity index (χ0v) is 6.62. The summed E-state index contributed by atoms with van der Waals surface area (Å²) in [5.41, 5.74) is 0. The maximum Gasteiger partial charge on any atom is 0.0379 e. The topological polar surface area (TPSA) is 0 Å². The van der Waals surface area contributed by atoms with Gasteiger partial charge in [0.05, 0.1) is 0 Å². The Bertz CT molecular complexity index is 11.6. The molecule has 1 atom stereocenters. The summed E-state index contributed by atoms with van der Waals surface area (Å²) < 4.78 is 0. The van der Waals surface area contributed by atoms with Crippen LogP contribution in [0.3, 0.4) is 0 Å². The highest BCUT2D eigenvalue weighted by atomic mass is 31.0. The summed E-state index contributed by atoms with van der Waals surface area (Å²) in [6.07, 6.45) is 0. The van der Waals surface area contributed by atoms with Gasteiger partial charge in [0.25, 0.3) is 0 Å². The van der Waals surface area contributed by atoms with Crippen LogP contribution in [0.15, 0.2) is 0 Å². The van der Waals surface area contributed by atoms with Gasteiger partial charge >= 0.3 is 0 Å². The van der Waals surface area contributed by atoms with E-state index in [-0.39, 0.29) is 18.7 Å². The fraction of sp³-hybridized carbons (Fsp3) is 1.00. The van der Waals surface area contributed by atoms with Gasteiger partial charge in [0.15, 0.2) is 0 Å². The summed E-state index contributed by atoms with van der Waals surface area (Å²) in [4.78, 5) is 0. The van der Waals surface area contributed by atoms with E-state index in [1.54, 1.807) is 0 Å². The molecule has 0 aliphatic carbocycles. The minimum atomic E-state index is 0. The number of hydrogen-bond donors (Lipinski definition) is 0. The second kappa shape index (κ2) is 4.65. The molecule has 1 radical (unpaired) electrons. The molecule has 33 valence electrons. The van der Waals surface area contributed by atoms with Crippen LogP contribution < -0.4 is 0 Å². The van der Waals surface area contributed by atoms with Crippen LogP contribution >= 0.6 is 9.90 Å². The summed E-state index contributed by atoms with van der Waals surface area (Å²) in [7, 11) is 0.120. The van der Waals surface area contributed by atoms with E-state index in [9.17, 15) is 0 Å². The minimum absolute atomic E-state index is 0. The maximum atomic E-state index is 2.27. The SMILES string of the molecule is C[Si](C)C.P. The van der Waals surface area contributed by atoms with Crippen LogP contribution in [0.4, 0.5) is 0 Å². The van der Waals surface area contributed by atoms with Crippen molar-refractivity contribution in [3.05, 3.63) is 0 Å². The van der Waals surface area contributed by atoms with Crippen molar-refractivity contribution in [2.45, 2.75) is 19.6 Å². The van der Waals surface area contributed by atoms with Crippen LogP contribution in [0, 0.1) is 0 Å². The Hall–Kier alpha value is 0.647. The van der Waals surface area contributed by atoms with Gasteiger partial charge in [-0.05, 0) is 0 Å². The molecule has 0 N–H and O–H groups in total. The fourth-order valence-corrected chi connectivity index (χ4v) is 0. The molecule has 0 amide bonds. The van der Waals surface area contributed by atoms with E-state index in [4.69, 9.17) is 0 Å². The molecule has 2 heteroatoms. The van der Waals surface area contributed by atoms with Crippen molar-refractivity contribution in [2.24, 2.45) is 0 Å². The van der Waals surface area contributed by atoms with Gasteiger partial charge in [-0.25, -0.2) is 0 Å². The van der Waals surface area contributed by atoms with Gasteiger partial charge in [0.1, 0.15) is 0 Å². The van der Waals surface area contributed by atoms with Crippen molar-refractivity contribution in [3.63, 3.8) is 0 Å². The molecule has 5 heavy (non-hydrogen) atoms. The molecular weight excluding hydrogens is 95.1 g/mol. The summed E-state index contributed by atoms with van der Waals surface area (Å²) in [6, 6.07) is 0. The molecule has 0 fully saturated rings. The minimum Gasteiger partial charge on any atom is -0.153 e. The van der Waals surface area contributed by atoms with E-state index >= 15 is 0 Å². The van der Waals surface area contributed by atoms with Gasteiger partial charge in [0, 0.05) is 8.80 Å². The Morgan fingerprint density at radius 1 is 1.00 bits per heavy atom. The van der Waals surface area contributed by atoms with Crippen molar-refractivity contribution in [1.29, 1.82) is 0 Å². The van der Waals surface area contributed by atoms with E-state index in [0.717, 1.165) is 0 Å². The molecule has 1 unspecified atom stereocenters. The van der Waals surface area contributed by atoms with Gasteiger partial charge in [0.2, 0.25) is 0 Å². The Kier molecular flexibility index (Phi) is 8.52. The lowest BCUT2D eigenvalue weighted by Crippen LogP contribution is -1.84. The van der Waals surface area contributed by atoms with Gasteiger partial charge < -0.3 is 0 Å². The van der Waals surface area contributed by atoms with Crippen LogP contribution in [-0.2, 0) is 0 Å². The molecule has 0 aromatic heterocycles. The molecule has 0 saturated carbocycles. The van der Waals surface area contributed by atoms with Crippen molar-refractivity contribution in [2.75, 3.05) is 0 Å². The Morgan fingerprint density at radius 2 is 1.00 bits per heavy atom. The molecule has 0 bridgehead atoms. The average Bonchev–Trinajstić information content (AvgIpc) is 0.811. The fourth-order valence-electron chi connectivity index (χ4n) is 0.